The maximum atomic E-state index is 4.59. The molecule has 2 heterocycles. The van der Waals surface area contributed by atoms with Crippen molar-refractivity contribution in [3.8, 4) is 0 Å². The lowest BCUT2D eigenvalue weighted by Gasteiger charge is -2.30. The van der Waals surface area contributed by atoms with Crippen LogP contribution in [0.5, 0.6) is 0 Å². The summed E-state index contributed by atoms with van der Waals surface area (Å²) in [5.74, 6) is 0.609. The molecular weight excluding hydrogens is 244 g/mol. The largest absolute Gasteiger partial charge is 0.383 e. The first-order valence-corrected chi connectivity index (χ1v) is 7.74. The van der Waals surface area contributed by atoms with Crippen molar-refractivity contribution in [2.24, 2.45) is 0 Å². The Morgan fingerprint density at radius 1 is 1.15 bits per heavy atom. The van der Waals surface area contributed by atoms with Crippen LogP contribution in [-0.2, 0) is 0 Å². The first kappa shape index (κ1) is 12.0. The molecule has 0 saturated carbocycles. The molecular formula is C18H20N2. The highest BCUT2D eigenvalue weighted by Crippen LogP contribution is 2.42. The summed E-state index contributed by atoms with van der Waals surface area (Å²) in [4.78, 5) is 4.59. The van der Waals surface area contributed by atoms with Crippen LogP contribution in [0.2, 0.25) is 0 Å². The number of aromatic nitrogens is 1. The lowest BCUT2D eigenvalue weighted by Crippen LogP contribution is -2.19. The van der Waals surface area contributed by atoms with Crippen LogP contribution >= 0.6 is 0 Å². The highest BCUT2D eigenvalue weighted by atomic mass is 14.9. The van der Waals surface area contributed by atoms with Crippen molar-refractivity contribution < 1.29 is 0 Å². The van der Waals surface area contributed by atoms with Crippen molar-refractivity contribution >= 4 is 16.6 Å². The minimum atomic E-state index is 0.609. The first-order chi connectivity index (χ1) is 9.93. The molecule has 0 bridgehead atoms. The van der Waals surface area contributed by atoms with E-state index < -0.39 is 0 Å². The predicted molar refractivity (Wildman–Crippen MR) is 84.1 cm³/mol. The van der Waals surface area contributed by atoms with Crippen LogP contribution in [0.25, 0.3) is 10.9 Å². The van der Waals surface area contributed by atoms with Gasteiger partial charge in [-0.05, 0) is 43.7 Å². The Kier molecular flexibility index (Phi) is 2.95. The van der Waals surface area contributed by atoms with Crippen molar-refractivity contribution in [2.75, 3.05) is 11.9 Å². The molecule has 1 atom stereocenters. The Balaban J connectivity index is 1.85. The van der Waals surface area contributed by atoms with E-state index in [2.05, 4.69) is 34.6 Å². The van der Waals surface area contributed by atoms with Gasteiger partial charge in [0.25, 0.3) is 0 Å². The maximum Gasteiger partial charge on any atom is 0.0936 e. The number of allylic oxidation sites excluding steroid dienone is 2. The molecule has 0 fully saturated rings. The molecule has 4 rings (SSSR count). The zero-order valence-electron chi connectivity index (χ0n) is 11.7. The normalized spacial score (nSPS) is 22.0. The quantitative estimate of drug-likeness (QED) is 0.759. The fourth-order valence-electron chi connectivity index (χ4n) is 3.70. The van der Waals surface area contributed by atoms with Crippen molar-refractivity contribution in [1.29, 1.82) is 0 Å². The van der Waals surface area contributed by atoms with Gasteiger partial charge in [0.15, 0.2) is 0 Å². The van der Waals surface area contributed by atoms with Gasteiger partial charge >= 0.3 is 0 Å². The Morgan fingerprint density at radius 2 is 2.15 bits per heavy atom. The van der Waals surface area contributed by atoms with Crippen LogP contribution in [0.3, 0.4) is 0 Å². The van der Waals surface area contributed by atoms with Crippen LogP contribution < -0.4 is 5.32 Å². The third kappa shape index (κ3) is 1.91. The van der Waals surface area contributed by atoms with Gasteiger partial charge in [-0.15, -0.1) is 0 Å². The fraction of sp³-hybridized carbons (Fsp3) is 0.389. The topological polar surface area (TPSA) is 24.9 Å². The number of hydrogen-bond donors (Lipinski definition) is 1. The summed E-state index contributed by atoms with van der Waals surface area (Å²) in [5, 5.41) is 4.82. The molecule has 1 aromatic heterocycles. The van der Waals surface area contributed by atoms with E-state index in [0.717, 1.165) is 12.1 Å². The predicted octanol–water partition coefficient (Wildman–Crippen LogP) is 4.63. The summed E-state index contributed by atoms with van der Waals surface area (Å²) in [6, 6.07) is 8.70. The average Bonchev–Trinajstić information content (AvgIpc) is 2.55. The van der Waals surface area contributed by atoms with Gasteiger partial charge in [0.05, 0.1) is 11.2 Å². The van der Waals surface area contributed by atoms with E-state index in [1.165, 1.54) is 48.7 Å². The molecule has 0 saturated heterocycles. The number of nitrogens with one attached hydrogen (secondary N) is 1. The standard InChI is InChI=1S/C18H20N2/c1-2-5-13(6-3-1)15-10-12-20-18-16(15)9-8-14-7-4-11-19-17(14)18/h4-5,7-9,11,15,20H,1-3,6,10,12H2/t15-/m1/s1. The highest BCUT2D eigenvalue weighted by molar-refractivity contribution is 5.93. The van der Waals surface area contributed by atoms with E-state index in [1.807, 2.05) is 12.3 Å². The molecule has 0 radical (unpaired) electrons. The van der Waals surface area contributed by atoms with Gasteiger partial charge in [0, 0.05) is 24.0 Å². The molecule has 0 spiro atoms. The zero-order chi connectivity index (χ0) is 13.4. The second-order valence-corrected chi connectivity index (χ2v) is 5.90. The Hall–Kier alpha value is -1.83. The molecule has 1 N–H and O–H groups in total. The summed E-state index contributed by atoms with van der Waals surface area (Å²) in [6.45, 7) is 1.06. The highest BCUT2D eigenvalue weighted by Gasteiger charge is 2.25. The summed E-state index contributed by atoms with van der Waals surface area (Å²) in [7, 11) is 0. The SMILES string of the molecule is C1=C([C@H]2CCNc3c2ccc2cccnc32)CCCC1. The van der Waals surface area contributed by atoms with E-state index in [1.54, 1.807) is 5.57 Å². The third-order valence-corrected chi connectivity index (χ3v) is 4.69. The lowest BCUT2D eigenvalue weighted by molar-refractivity contribution is 0.612. The van der Waals surface area contributed by atoms with E-state index in [0.29, 0.717) is 5.92 Å². The summed E-state index contributed by atoms with van der Waals surface area (Å²) in [6.07, 6.45) is 10.9. The summed E-state index contributed by atoms with van der Waals surface area (Å²) >= 11 is 0. The average molecular weight is 264 g/mol. The van der Waals surface area contributed by atoms with Gasteiger partial charge < -0.3 is 5.32 Å². The number of rotatable bonds is 1. The van der Waals surface area contributed by atoms with Gasteiger partial charge in [0.1, 0.15) is 0 Å². The van der Waals surface area contributed by atoms with Crippen LogP contribution in [0.1, 0.15) is 43.6 Å². The van der Waals surface area contributed by atoms with E-state index in [4.69, 9.17) is 0 Å². The second-order valence-electron chi connectivity index (χ2n) is 5.90. The monoisotopic (exact) mass is 264 g/mol. The van der Waals surface area contributed by atoms with Gasteiger partial charge in [-0.1, -0.05) is 29.8 Å². The molecule has 0 unspecified atom stereocenters. The van der Waals surface area contributed by atoms with E-state index in [9.17, 15) is 0 Å². The fourth-order valence-corrected chi connectivity index (χ4v) is 3.70. The van der Waals surface area contributed by atoms with Gasteiger partial charge in [0.2, 0.25) is 0 Å². The number of anilines is 1. The van der Waals surface area contributed by atoms with Gasteiger partial charge in [-0.3, -0.25) is 4.98 Å². The molecule has 102 valence electrons. The lowest BCUT2D eigenvalue weighted by atomic mass is 9.80. The van der Waals surface area contributed by atoms with Crippen molar-refractivity contribution in [1.82, 2.24) is 4.98 Å². The number of nitrogens with zero attached hydrogens (tertiary/aromatic N) is 1. The van der Waals surface area contributed by atoms with Crippen molar-refractivity contribution in [3.05, 3.63) is 47.7 Å². The molecule has 2 aromatic rings. The smallest absolute Gasteiger partial charge is 0.0936 e. The van der Waals surface area contributed by atoms with E-state index in [-0.39, 0.29) is 0 Å². The number of pyridine rings is 1. The van der Waals surface area contributed by atoms with Gasteiger partial charge in [-0.25, -0.2) is 0 Å². The zero-order valence-corrected chi connectivity index (χ0v) is 11.7. The summed E-state index contributed by atoms with van der Waals surface area (Å²) in [5.41, 5.74) is 5.52. The molecule has 2 aliphatic rings. The van der Waals surface area contributed by atoms with Crippen LogP contribution in [-0.4, -0.2) is 11.5 Å². The third-order valence-electron chi connectivity index (χ3n) is 4.69. The molecule has 2 nitrogen and oxygen atoms in total. The van der Waals surface area contributed by atoms with Gasteiger partial charge in [-0.2, -0.15) is 0 Å². The Labute approximate surface area is 119 Å². The van der Waals surface area contributed by atoms with Crippen LogP contribution in [0, 0.1) is 0 Å². The summed E-state index contributed by atoms with van der Waals surface area (Å²) < 4.78 is 0. The molecule has 20 heavy (non-hydrogen) atoms. The molecule has 0 amide bonds. The minimum Gasteiger partial charge on any atom is -0.383 e. The number of hydrogen-bond acceptors (Lipinski definition) is 2. The first-order valence-electron chi connectivity index (χ1n) is 7.74. The Bertz CT molecular complexity index is 672. The minimum absolute atomic E-state index is 0.609. The second kappa shape index (κ2) is 4.93. The van der Waals surface area contributed by atoms with Crippen molar-refractivity contribution in [3.63, 3.8) is 0 Å². The van der Waals surface area contributed by atoms with Crippen LogP contribution in [0.4, 0.5) is 5.69 Å². The molecule has 2 heteroatoms. The number of fused-ring (bicyclic) bond motifs is 3. The molecule has 1 aliphatic heterocycles. The Morgan fingerprint density at radius 3 is 3.05 bits per heavy atom. The maximum absolute atomic E-state index is 4.59. The number of benzene rings is 1. The van der Waals surface area contributed by atoms with E-state index >= 15 is 0 Å². The van der Waals surface area contributed by atoms with Crippen LogP contribution in [0.15, 0.2) is 42.1 Å². The van der Waals surface area contributed by atoms with Crippen molar-refractivity contribution in [2.45, 2.75) is 38.0 Å². The molecule has 1 aromatic carbocycles. The molecule has 1 aliphatic carbocycles.